The number of carbonyl (C=O) groups is 2. The summed E-state index contributed by atoms with van der Waals surface area (Å²) in [6.07, 6.45) is 0. The zero-order chi connectivity index (χ0) is 21.2. The fourth-order valence-electron chi connectivity index (χ4n) is 4.02. The van der Waals surface area contributed by atoms with Crippen LogP contribution in [0, 0.1) is 5.41 Å². The van der Waals surface area contributed by atoms with Gasteiger partial charge in [-0.25, -0.2) is 0 Å². The van der Waals surface area contributed by atoms with E-state index in [1.807, 2.05) is 18.2 Å². The van der Waals surface area contributed by atoms with Crippen molar-refractivity contribution < 1.29 is 9.59 Å². The van der Waals surface area contributed by atoms with E-state index in [0.29, 0.717) is 30.8 Å². The molecule has 2 atom stereocenters. The number of benzene rings is 2. The average molecular weight is 430 g/mol. The normalized spacial score (nSPS) is 18.6. The number of likely N-dealkylation sites (tertiary alicyclic amines) is 1. The first-order valence-electron chi connectivity index (χ1n) is 10.1. The Balaban J connectivity index is 0.00000320. The van der Waals surface area contributed by atoms with Crippen LogP contribution in [0.1, 0.15) is 53.0 Å². The lowest BCUT2D eigenvalue weighted by atomic mass is 9.95. The van der Waals surface area contributed by atoms with Crippen molar-refractivity contribution in [2.75, 3.05) is 26.7 Å². The Morgan fingerprint density at radius 2 is 1.67 bits per heavy atom. The smallest absolute Gasteiger partial charge is 0.253 e. The monoisotopic (exact) mass is 429 g/mol. The van der Waals surface area contributed by atoms with Crippen molar-refractivity contribution in [2.45, 2.75) is 32.7 Å². The van der Waals surface area contributed by atoms with Crippen LogP contribution in [0.4, 0.5) is 0 Å². The fourth-order valence-corrected chi connectivity index (χ4v) is 4.02. The molecule has 1 saturated heterocycles. The highest BCUT2D eigenvalue weighted by Crippen LogP contribution is 2.27. The summed E-state index contributed by atoms with van der Waals surface area (Å²) in [4.78, 5) is 29.4. The molecule has 2 N–H and O–H groups in total. The van der Waals surface area contributed by atoms with Crippen molar-refractivity contribution in [1.82, 2.24) is 9.80 Å². The number of rotatable bonds is 4. The minimum atomic E-state index is -0.0934. The molecule has 1 aliphatic rings. The van der Waals surface area contributed by atoms with Gasteiger partial charge in [-0.05, 0) is 29.2 Å². The molecule has 5 nitrogen and oxygen atoms in total. The van der Waals surface area contributed by atoms with Crippen LogP contribution in [0.25, 0.3) is 0 Å². The highest BCUT2D eigenvalue weighted by Gasteiger charge is 2.34. The van der Waals surface area contributed by atoms with Crippen molar-refractivity contribution >= 4 is 24.2 Å². The SMILES string of the molecule is CN(CC(C)(C)C)C(=O)c1cccc(C(=O)N2C[C@@H](N)[C@H](c3ccccc3)C2)c1.Cl. The zero-order valence-electron chi connectivity index (χ0n) is 18.2. The van der Waals surface area contributed by atoms with Crippen LogP contribution in [0.15, 0.2) is 54.6 Å². The lowest BCUT2D eigenvalue weighted by Crippen LogP contribution is -2.35. The van der Waals surface area contributed by atoms with Gasteiger partial charge in [0.1, 0.15) is 0 Å². The molecule has 2 aromatic carbocycles. The zero-order valence-corrected chi connectivity index (χ0v) is 19.0. The maximum Gasteiger partial charge on any atom is 0.253 e. The molecular formula is C24H32ClN3O2. The number of amides is 2. The van der Waals surface area contributed by atoms with E-state index in [1.165, 1.54) is 0 Å². The van der Waals surface area contributed by atoms with Crippen molar-refractivity contribution in [3.63, 3.8) is 0 Å². The molecule has 2 amide bonds. The molecule has 30 heavy (non-hydrogen) atoms. The van der Waals surface area contributed by atoms with Gasteiger partial charge < -0.3 is 15.5 Å². The van der Waals surface area contributed by atoms with Crippen LogP contribution in [-0.4, -0.2) is 54.3 Å². The number of hydrogen-bond donors (Lipinski definition) is 1. The molecule has 3 rings (SSSR count). The first-order valence-corrected chi connectivity index (χ1v) is 10.1. The Kier molecular flexibility index (Phi) is 7.67. The van der Waals surface area contributed by atoms with Gasteiger partial charge >= 0.3 is 0 Å². The number of nitrogens with zero attached hydrogens (tertiary/aromatic N) is 2. The van der Waals surface area contributed by atoms with Gasteiger partial charge in [-0.3, -0.25) is 9.59 Å². The third-order valence-corrected chi connectivity index (χ3v) is 5.29. The van der Waals surface area contributed by atoms with E-state index in [0.717, 1.165) is 5.56 Å². The quantitative estimate of drug-likeness (QED) is 0.803. The molecule has 0 bridgehead atoms. The molecule has 0 unspecified atom stereocenters. The minimum absolute atomic E-state index is 0. The second-order valence-corrected chi connectivity index (χ2v) is 9.19. The van der Waals surface area contributed by atoms with Gasteiger partial charge in [0.25, 0.3) is 11.8 Å². The third kappa shape index (κ3) is 5.61. The van der Waals surface area contributed by atoms with E-state index in [-0.39, 0.29) is 41.6 Å². The molecule has 0 aliphatic carbocycles. The summed E-state index contributed by atoms with van der Waals surface area (Å²) in [7, 11) is 1.80. The summed E-state index contributed by atoms with van der Waals surface area (Å²) >= 11 is 0. The van der Waals surface area contributed by atoms with E-state index in [2.05, 4.69) is 32.9 Å². The van der Waals surface area contributed by atoms with Crippen molar-refractivity contribution in [3.8, 4) is 0 Å². The Morgan fingerprint density at radius 1 is 1.03 bits per heavy atom. The van der Waals surface area contributed by atoms with Crippen LogP contribution in [0.3, 0.4) is 0 Å². The fraction of sp³-hybridized carbons (Fsp3) is 0.417. The molecule has 2 aromatic rings. The highest BCUT2D eigenvalue weighted by molar-refractivity contribution is 5.99. The van der Waals surface area contributed by atoms with Crippen molar-refractivity contribution in [2.24, 2.45) is 11.1 Å². The summed E-state index contributed by atoms with van der Waals surface area (Å²) < 4.78 is 0. The number of carbonyl (C=O) groups excluding carboxylic acids is 2. The standard InChI is InChI=1S/C24H31N3O2.ClH/c1-24(2,3)16-26(4)22(28)18-11-8-12-19(13-18)23(29)27-14-20(21(25)15-27)17-9-6-5-7-10-17;/h5-13,20-21H,14-16,25H2,1-4H3;1H/t20-,21+;/m0./s1. The summed E-state index contributed by atoms with van der Waals surface area (Å²) in [6.45, 7) is 8.03. The van der Waals surface area contributed by atoms with E-state index >= 15 is 0 Å². The van der Waals surface area contributed by atoms with Gasteiger partial charge in [0.15, 0.2) is 0 Å². The average Bonchev–Trinajstić information content (AvgIpc) is 3.08. The summed E-state index contributed by atoms with van der Waals surface area (Å²) in [5, 5.41) is 0. The Morgan fingerprint density at radius 3 is 2.30 bits per heavy atom. The predicted octanol–water partition coefficient (Wildman–Crippen LogP) is 3.79. The second-order valence-electron chi connectivity index (χ2n) is 9.19. The lowest BCUT2D eigenvalue weighted by molar-refractivity contribution is 0.0745. The number of halogens is 1. The maximum atomic E-state index is 13.1. The van der Waals surface area contributed by atoms with Gasteiger partial charge in [-0.2, -0.15) is 0 Å². The minimum Gasteiger partial charge on any atom is -0.341 e. The maximum absolute atomic E-state index is 13.1. The molecule has 1 fully saturated rings. The van der Waals surface area contributed by atoms with Crippen molar-refractivity contribution in [3.05, 3.63) is 71.3 Å². The van der Waals surface area contributed by atoms with Crippen LogP contribution in [-0.2, 0) is 0 Å². The first kappa shape index (κ1) is 23.9. The molecule has 6 heteroatoms. The first-order chi connectivity index (χ1) is 13.7. The van der Waals surface area contributed by atoms with Gasteiger partial charge in [0, 0.05) is 49.8 Å². The predicted molar refractivity (Wildman–Crippen MR) is 123 cm³/mol. The summed E-state index contributed by atoms with van der Waals surface area (Å²) in [5.41, 5.74) is 8.57. The second kappa shape index (κ2) is 9.63. The van der Waals surface area contributed by atoms with Gasteiger partial charge in [-0.15, -0.1) is 12.4 Å². The summed E-state index contributed by atoms with van der Waals surface area (Å²) in [6, 6.07) is 17.0. The number of hydrogen-bond acceptors (Lipinski definition) is 3. The van der Waals surface area contributed by atoms with E-state index in [4.69, 9.17) is 5.73 Å². The third-order valence-electron chi connectivity index (χ3n) is 5.29. The van der Waals surface area contributed by atoms with Crippen LogP contribution >= 0.6 is 12.4 Å². The highest BCUT2D eigenvalue weighted by atomic mass is 35.5. The molecule has 1 heterocycles. The molecule has 1 aliphatic heterocycles. The van der Waals surface area contributed by atoms with Gasteiger partial charge in [0.2, 0.25) is 0 Å². The van der Waals surface area contributed by atoms with E-state index < -0.39 is 0 Å². The Hall–Kier alpha value is -2.37. The van der Waals surface area contributed by atoms with Gasteiger partial charge in [0.05, 0.1) is 0 Å². The molecular weight excluding hydrogens is 398 g/mol. The topological polar surface area (TPSA) is 66.6 Å². The largest absolute Gasteiger partial charge is 0.341 e. The van der Waals surface area contributed by atoms with Crippen LogP contribution < -0.4 is 5.73 Å². The molecule has 0 radical (unpaired) electrons. The lowest BCUT2D eigenvalue weighted by Gasteiger charge is -2.26. The van der Waals surface area contributed by atoms with Crippen molar-refractivity contribution in [1.29, 1.82) is 0 Å². The van der Waals surface area contributed by atoms with Gasteiger partial charge in [-0.1, -0.05) is 57.2 Å². The van der Waals surface area contributed by atoms with E-state index in [9.17, 15) is 9.59 Å². The van der Waals surface area contributed by atoms with Crippen LogP contribution in [0.5, 0.6) is 0 Å². The molecule has 162 valence electrons. The Bertz CT molecular complexity index is 880. The molecule has 0 saturated carbocycles. The van der Waals surface area contributed by atoms with Crippen LogP contribution in [0.2, 0.25) is 0 Å². The number of nitrogens with two attached hydrogens (primary N) is 1. The Labute approximate surface area is 185 Å². The summed E-state index contributed by atoms with van der Waals surface area (Å²) in [5.74, 6) is -0.0234. The van der Waals surface area contributed by atoms with E-state index in [1.54, 1.807) is 41.1 Å². The molecule has 0 spiro atoms. The molecule has 0 aromatic heterocycles.